The number of piperazine rings is 1. The molecule has 10 heteroatoms. The number of ether oxygens (including phenoxy) is 3. The van der Waals surface area contributed by atoms with Crippen LogP contribution in [0, 0.1) is 0 Å². The fraction of sp³-hybridized carbons (Fsp3) is 0.355. The van der Waals surface area contributed by atoms with Gasteiger partial charge in [-0.3, -0.25) is 9.89 Å². The van der Waals surface area contributed by atoms with Gasteiger partial charge in [0.1, 0.15) is 23.4 Å². The van der Waals surface area contributed by atoms with Gasteiger partial charge in [0.15, 0.2) is 0 Å². The first kappa shape index (κ1) is 29.2. The molecule has 216 valence electrons. The van der Waals surface area contributed by atoms with Gasteiger partial charge in [-0.25, -0.2) is 4.79 Å². The Morgan fingerprint density at radius 1 is 0.927 bits per heavy atom. The summed E-state index contributed by atoms with van der Waals surface area (Å²) in [6, 6.07) is 18.0. The average Bonchev–Trinajstić information content (AvgIpc) is 3.40. The van der Waals surface area contributed by atoms with Gasteiger partial charge >= 0.3 is 6.03 Å². The number of hydrogen-bond donors (Lipinski definition) is 1. The van der Waals surface area contributed by atoms with Crippen molar-refractivity contribution in [2.75, 3.05) is 47.0 Å². The van der Waals surface area contributed by atoms with Gasteiger partial charge in [0.25, 0.3) is 0 Å². The van der Waals surface area contributed by atoms with Crippen LogP contribution >= 0.6 is 23.2 Å². The number of carbonyl (C=O) groups is 1. The molecule has 2 heterocycles. The molecule has 3 aromatic carbocycles. The molecular weight excluding hydrogens is 563 g/mol. The maximum absolute atomic E-state index is 14.5. The molecule has 0 aliphatic carbocycles. The Balaban J connectivity index is 1.72. The third-order valence-electron chi connectivity index (χ3n) is 7.39. The van der Waals surface area contributed by atoms with Gasteiger partial charge in [0, 0.05) is 54.5 Å². The molecule has 0 radical (unpaired) electrons. The average molecular weight is 598 g/mol. The Morgan fingerprint density at radius 2 is 1.54 bits per heavy atom. The zero-order valence-electron chi connectivity index (χ0n) is 23.4. The molecular formula is C31H34Cl2N4O4. The number of amides is 2. The summed E-state index contributed by atoms with van der Waals surface area (Å²) in [5.74, 6) is 1.71. The Hall–Kier alpha value is -3.30. The summed E-state index contributed by atoms with van der Waals surface area (Å²) in [5.41, 5.74) is 3.37. The van der Waals surface area contributed by atoms with E-state index < -0.39 is 12.1 Å². The number of methoxy groups -OCH3 is 2. The minimum Gasteiger partial charge on any atom is -0.496 e. The van der Waals surface area contributed by atoms with Crippen LogP contribution < -0.4 is 14.8 Å². The normalized spacial score (nSPS) is 18.8. The predicted octanol–water partition coefficient (Wildman–Crippen LogP) is 6.12. The number of aliphatic imine (C=N–C) groups is 1. The largest absolute Gasteiger partial charge is 0.496 e. The monoisotopic (exact) mass is 596 g/mol. The summed E-state index contributed by atoms with van der Waals surface area (Å²) < 4.78 is 17.2. The Kier molecular flexibility index (Phi) is 9.35. The highest BCUT2D eigenvalue weighted by atomic mass is 35.5. The summed E-state index contributed by atoms with van der Waals surface area (Å²) in [6.07, 6.45) is 0. The molecule has 2 atom stereocenters. The molecule has 1 fully saturated rings. The number of amidine groups is 1. The number of hydrogen-bond acceptors (Lipinski definition) is 6. The van der Waals surface area contributed by atoms with E-state index in [2.05, 4.69) is 5.32 Å². The van der Waals surface area contributed by atoms with Crippen LogP contribution in [0.3, 0.4) is 0 Å². The second-order valence-corrected chi connectivity index (χ2v) is 10.7. The lowest BCUT2D eigenvalue weighted by atomic mass is 9.93. The minimum atomic E-state index is -0.437. The number of urea groups is 1. The summed E-state index contributed by atoms with van der Waals surface area (Å²) in [7, 11) is 3.22. The lowest BCUT2D eigenvalue weighted by Crippen LogP contribution is -2.53. The van der Waals surface area contributed by atoms with Gasteiger partial charge in [0.2, 0.25) is 0 Å². The maximum Gasteiger partial charge on any atom is 0.326 e. The van der Waals surface area contributed by atoms with Crippen molar-refractivity contribution in [2.45, 2.75) is 25.6 Å². The van der Waals surface area contributed by atoms with E-state index in [4.69, 9.17) is 42.4 Å². The van der Waals surface area contributed by atoms with E-state index in [0.29, 0.717) is 59.2 Å². The highest BCUT2D eigenvalue weighted by Gasteiger charge is 2.44. The van der Waals surface area contributed by atoms with Crippen LogP contribution in [0.25, 0.3) is 0 Å². The number of rotatable bonds is 8. The summed E-state index contributed by atoms with van der Waals surface area (Å²) >= 11 is 12.5. The molecule has 1 N–H and O–H groups in total. The van der Waals surface area contributed by atoms with Crippen molar-refractivity contribution in [2.24, 2.45) is 4.99 Å². The zero-order valence-corrected chi connectivity index (χ0v) is 24.9. The van der Waals surface area contributed by atoms with E-state index in [1.165, 1.54) is 0 Å². The SMILES string of the molecule is CCOCc1cc(C2=NC(c3ccc(Cl)cc3)C(c3ccc(Cl)cc3)N2C(=O)N2CCNCC2)c(OC)cc1OC. The van der Waals surface area contributed by atoms with Gasteiger partial charge in [-0.1, -0.05) is 47.5 Å². The van der Waals surface area contributed by atoms with Gasteiger partial charge in [-0.05, 0) is 48.4 Å². The maximum atomic E-state index is 14.5. The van der Waals surface area contributed by atoms with Crippen molar-refractivity contribution in [3.63, 3.8) is 0 Å². The van der Waals surface area contributed by atoms with Crippen molar-refractivity contribution in [3.8, 4) is 11.5 Å². The van der Waals surface area contributed by atoms with E-state index in [1.807, 2.05) is 77.4 Å². The smallest absolute Gasteiger partial charge is 0.326 e. The molecule has 41 heavy (non-hydrogen) atoms. The number of benzene rings is 3. The molecule has 8 nitrogen and oxygen atoms in total. The number of carbonyl (C=O) groups excluding carboxylic acids is 1. The van der Waals surface area contributed by atoms with Gasteiger partial charge in [-0.2, -0.15) is 0 Å². The summed E-state index contributed by atoms with van der Waals surface area (Å²) in [6.45, 7) is 5.48. The summed E-state index contributed by atoms with van der Waals surface area (Å²) in [5, 5.41) is 4.58. The first-order valence-electron chi connectivity index (χ1n) is 13.7. The predicted molar refractivity (Wildman–Crippen MR) is 161 cm³/mol. The standard InChI is InChI=1S/C31H34Cl2N4O4/c1-4-41-19-22-17-25(27(40-3)18-26(22)39-2)30-35-28(20-5-9-23(32)10-6-20)29(21-7-11-24(33)12-8-21)37(30)31(38)36-15-13-34-14-16-36/h5-12,17-18,28-29,34H,4,13-16,19H2,1-3H3. The fourth-order valence-electron chi connectivity index (χ4n) is 5.33. The molecule has 1 saturated heterocycles. The van der Waals surface area contributed by atoms with Gasteiger partial charge < -0.3 is 24.4 Å². The first-order valence-corrected chi connectivity index (χ1v) is 14.4. The Labute approximate surface area is 250 Å². The quantitative estimate of drug-likeness (QED) is 0.339. The van der Waals surface area contributed by atoms with Crippen LogP contribution in [-0.4, -0.2) is 68.7 Å². The first-order chi connectivity index (χ1) is 19.9. The highest BCUT2D eigenvalue weighted by molar-refractivity contribution is 6.30. The molecule has 2 aliphatic rings. The summed E-state index contributed by atoms with van der Waals surface area (Å²) in [4.78, 5) is 23.4. The lowest BCUT2D eigenvalue weighted by molar-refractivity contribution is 0.132. The van der Waals surface area contributed by atoms with Crippen molar-refractivity contribution < 1.29 is 19.0 Å². The van der Waals surface area contributed by atoms with Crippen LogP contribution in [0.2, 0.25) is 10.0 Å². The third-order valence-corrected chi connectivity index (χ3v) is 7.89. The van der Waals surface area contributed by atoms with Crippen LogP contribution in [0.1, 0.15) is 41.3 Å². The van der Waals surface area contributed by atoms with Crippen molar-refractivity contribution >= 4 is 35.1 Å². The van der Waals surface area contributed by atoms with E-state index in [-0.39, 0.29) is 6.03 Å². The molecule has 0 bridgehead atoms. The molecule has 0 spiro atoms. The van der Waals surface area contributed by atoms with E-state index >= 15 is 0 Å². The van der Waals surface area contributed by atoms with Crippen molar-refractivity contribution in [3.05, 3.63) is 93.0 Å². The number of nitrogens with one attached hydrogen (secondary N) is 1. The van der Waals surface area contributed by atoms with Crippen molar-refractivity contribution in [1.82, 2.24) is 15.1 Å². The zero-order chi connectivity index (χ0) is 28.9. The molecule has 2 unspecified atom stereocenters. The Bertz CT molecular complexity index is 1390. The van der Waals surface area contributed by atoms with Gasteiger partial charge in [0.05, 0.1) is 32.4 Å². The van der Waals surface area contributed by atoms with Crippen LogP contribution in [0.5, 0.6) is 11.5 Å². The van der Waals surface area contributed by atoms with Crippen molar-refractivity contribution in [1.29, 1.82) is 0 Å². The van der Waals surface area contributed by atoms with E-state index in [0.717, 1.165) is 29.8 Å². The minimum absolute atomic E-state index is 0.120. The molecule has 2 amide bonds. The molecule has 2 aliphatic heterocycles. The van der Waals surface area contributed by atoms with Crippen LogP contribution in [0.15, 0.2) is 65.7 Å². The topological polar surface area (TPSA) is 75.6 Å². The van der Waals surface area contributed by atoms with Crippen LogP contribution in [-0.2, 0) is 11.3 Å². The third kappa shape index (κ3) is 6.16. The molecule has 3 aromatic rings. The molecule has 0 saturated carbocycles. The second kappa shape index (κ2) is 13.1. The fourth-order valence-corrected chi connectivity index (χ4v) is 5.58. The second-order valence-electron chi connectivity index (χ2n) is 9.84. The molecule has 0 aromatic heterocycles. The Morgan fingerprint density at radius 3 is 2.12 bits per heavy atom. The number of nitrogens with zero attached hydrogens (tertiary/aromatic N) is 3. The highest BCUT2D eigenvalue weighted by Crippen LogP contribution is 2.46. The number of halogens is 2. The lowest BCUT2D eigenvalue weighted by Gasteiger charge is -2.36. The van der Waals surface area contributed by atoms with E-state index in [9.17, 15) is 4.79 Å². The van der Waals surface area contributed by atoms with Gasteiger partial charge in [-0.15, -0.1) is 0 Å². The molecule has 5 rings (SSSR count). The van der Waals surface area contributed by atoms with E-state index in [1.54, 1.807) is 14.2 Å². The van der Waals surface area contributed by atoms with Crippen LogP contribution in [0.4, 0.5) is 4.79 Å².